The number of carbonyl (C=O) groups is 1. The standard InChI is InChI=1S/C23H22Cl2F3NO/c24-20-12-16(14-1-3-17(26)4-2-14)13-21(25)19(20)11-15-7-10-29(22(15)30)18-5-8-23(27,28)9-6-18/h1-4,12-13,15,18H,5-11H2. The van der Waals surface area contributed by atoms with Gasteiger partial charge in [0.2, 0.25) is 11.8 Å². The largest absolute Gasteiger partial charge is 0.339 e. The van der Waals surface area contributed by atoms with Gasteiger partial charge in [0.25, 0.3) is 0 Å². The third kappa shape index (κ3) is 4.47. The number of benzene rings is 2. The Hall–Kier alpha value is -1.72. The summed E-state index contributed by atoms with van der Waals surface area (Å²) >= 11 is 13.0. The molecule has 160 valence electrons. The van der Waals surface area contributed by atoms with Gasteiger partial charge in [0.15, 0.2) is 0 Å². The van der Waals surface area contributed by atoms with Crippen molar-refractivity contribution < 1.29 is 18.0 Å². The maximum Gasteiger partial charge on any atom is 0.248 e. The molecule has 0 radical (unpaired) electrons. The minimum atomic E-state index is -2.61. The molecule has 30 heavy (non-hydrogen) atoms. The Labute approximate surface area is 184 Å². The van der Waals surface area contributed by atoms with E-state index in [1.165, 1.54) is 12.1 Å². The van der Waals surface area contributed by atoms with E-state index in [2.05, 4.69) is 0 Å². The monoisotopic (exact) mass is 455 g/mol. The molecule has 2 fully saturated rings. The molecule has 1 atom stereocenters. The van der Waals surface area contributed by atoms with Crippen molar-refractivity contribution in [1.29, 1.82) is 0 Å². The number of hydrogen-bond acceptors (Lipinski definition) is 1. The molecule has 1 saturated heterocycles. The van der Waals surface area contributed by atoms with E-state index < -0.39 is 5.92 Å². The Bertz CT molecular complexity index is 915. The molecule has 2 aliphatic rings. The van der Waals surface area contributed by atoms with E-state index in [4.69, 9.17) is 23.2 Å². The highest BCUT2D eigenvalue weighted by Crippen LogP contribution is 2.39. The van der Waals surface area contributed by atoms with Crippen LogP contribution in [0.15, 0.2) is 36.4 Å². The Balaban J connectivity index is 1.47. The van der Waals surface area contributed by atoms with Crippen LogP contribution in [-0.2, 0) is 11.2 Å². The molecule has 1 aliphatic carbocycles. The highest BCUT2D eigenvalue weighted by molar-refractivity contribution is 6.36. The van der Waals surface area contributed by atoms with Gasteiger partial charge in [0, 0.05) is 41.4 Å². The summed E-state index contributed by atoms with van der Waals surface area (Å²) in [6.07, 6.45) is 1.46. The number of carbonyl (C=O) groups excluding carboxylic acids is 1. The average Bonchev–Trinajstić information content (AvgIpc) is 3.05. The maximum absolute atomic E-state index is 13.4. The fourth-order valence-electron chi connectivity index (χ4n) is 4.51. The molecule has 2 aromatic carbocycles. The summed E-state index contributed by atoms with van der Waals surface area (Å²) in [5.74, 6) is -3.18. The van der Waals surface area contributed by atoms with Crippen molar-refractivity contribution in [3.05, 3.63) is 57.8 Å². The Morgan fingerprint density at radius 3 is 2.17 bits per heavy atom. The molecule has 0 spiro atoms. The van der Waals surface area contributed by atoms with Crippen molar-refractivity contribution in [3.8, 4) is 11.1 Å². The first kappa shape index (κ1) is 21.5. The third-order valence-electron chi connectivity index (χ3n) is 6.25. The van der Waals surface area contributed by atoms with Crippen molar-refractivity contribution in [2.45, 2.75) is 50.5 Å². The number of alkyl halides is 2. The Kier molecular flexibility index (Phi) is 6.04. The van der Waals surface area contributed by atoms with Gasteiger partial charge in [0.1, 0.15) is 5.82 Å². The number of hydrogen-bond donors (Lipinski definition) is 0. The molecular weight excluding hydrogens is 434 g/mol. The zero-order chi connectivity index (χ0) is 21.5. The average molecular weight is 456 g/mol. The van der Waals surface area contributed by atoms with Gasteiger partial charge < -0.3 is 4.90 Å². The molecule has 2 nitrogen and oxygen atoms in total. The summed E-state index contributed by atoms with van der Waals surface area (Å²) in [4.78, 5) is 14.7. The molecular formula is C23H22Cl2F3NO. The second kappa shape index (κ2) is 8.43. The van der Waals surface area contributed by atoms with Gasteiger partial charge in [-0.2, -0.15) is 0 Å². The topological polar surface area (TPSA) is 20.3 Å². The first-order chi connectivity index (χ1) is 14.2. The number of likely N-dealkylation sites (tertiary alicyclic amines) is 1. The van der Waals surface area contributed by atoms with E-state index in [1.54, 1.807) is 29.2 Å². The summed E-state index contributed by atoms with van der Waals surface area (Å²) in [5.41, 5.74) is 2.28. The number of amides is 1. The first-order valence-electron chi connectivity index (χ1n) is 10.2. The van der Waals surface area contributed by atoms with Crippen molar-refractivity contribution in [3.63, 3.8) is 0 Å². The van der Waals surface area contributed by atoms with E-state index in [-0.39, 0.29) is 36.5 Å². The van der Waals surface area contributed by atoms with Gasteiger partial charge in [-0.1, -0.05) is 35.3 Å². The van der Waals surface area contributed by atoms with Crippen molar-refractivity contribution >= 4 is 29.1 Å². The van der Waals surface area contributed by atoms with Gasteiger partial charge in [-0.15, -0.1) is 0 Å². The molecule has 1 saturated carbocycles. The second-order valence-corrected chi connectivity index (χ2v) is 9.05. The second-order valence-electron chi connectivity index (χ2n) is 8.23. The summed E-state index contributed by atoms with van der Waals surface area (Å²) in [7, 11) is 0. The van der Waals surface area contributed by atoms with Crippen molar-refractivity contribution in [2.75, 3.05) is 6.54 Å². The zero-order valence-electron chi connectivity index (χ0n) is 16.3. The summed E-state index contributed by atoms with van der Waals surface area (Å²) in [6.45, 7) is 0.586. The minimum absolute atomic E-state index is 0.0000363. The fourth-order valence-corrected chi connectivity index (χ4v) is 5.15. The van der Waals surface area contributed by atoms with Crippen LogP contribution in [0.1, 0.15) is 37.7 Å². The van der Waals surface area contributed by atoms with Crippen LogP contribution in [0.5, 0.6) is 0 Å². The van der Waals surface area contributed by atoms with Gasteiger partial charge in [-0.05, 0) is 66.6 Å². The van der Waals surface area contributed by atoms with Crippen LogP contribution in [0.2, 0.25) is 10.0 Å². The van der Waals surface area contributed by atoms with Crippen molar-refractivity contribution in [2.24, 2.45) is 5.92 Å². The van der Waals surface area contributed by atoms with Gasteiger partial charge in [0.05, 0.1) is 0 Å². The Morgan fingerprint density at radius 2 is 1.57 bits per heavy atom. The molecule has 7 heteroatoms. The smallest absolute Gasteiger partial charge is 0.248 e. The first-order valence-corrected chi connectivity index (χ1v) is 10.9. The van der Waals surface area contributed by atoms with Gasteiger partial charge in [-0.25, -0.2) is 13.2 Å². The van der Waals surface area contributed by atoms with Crippen molar-refractivity contribution in [1.82, 2.24) is 4.90 Å². The number of rotatable bonds is 4. The Morgan fingerprint density at radius 1 is 0.967 bits per heavy atom. The molecule has 1 unspecified atom stereocenters. The fraction of sp³-hybridized carbons (Fsp3) is 0.435. The molecule has 1 amide bonds. The van der Waals surface area contributed by atoms with E-state index in [0.717, 1.165) is 11.1 Å². The van der Waals surface area contributed by atoms with E-state index >= 15 is 0 Å². The SMILES string of the molecule is O=C1C(Cc2c(Cl)cc(-c3ccc(F)cc3)cc2Cl)CCN1C1CCC(F)(F)CC1. The normalized spacial score (nSPS) is 22.0. The third-order valence-corrected chi connectivity index (χ3v) is 6.92. The highest BCUT2D eigenvalue weighted by atomic mass is 35.5. The lowest BCUT2D eigenvalue weighted by Gasteiger charge is -2.34. The van der Waals surface area contributed by atoms with Crippen LogP contribution in [0.3, 0.4) is 0 Å². The molecule has 0 bridgehead atoms. The minimum Gasteiger partial charge on any atom is -0.339 e. The van der Waals surface area contributed by atoms with Crippen LogP contribution in [0, 0.1) is 11.7 Å². The number of nitrogens with zero attached hydrogens (tertiary/aromatic N) is 1. The van der Waals surface area contributed by atoms with E-state index in [9.17, 15) is 18.0 Å². The van der Waals surface area contributed by atoms with E-state index in [1.807, 2.05) is 0 Å². The summed E-state index contributed by atoms with van der Waals surface area (Å²) in [5, 5.41) is 0.927. The molecule has 0 N–H and O–H groups in total. The van der Waals surface area contributed by atoms with Crippen LogP contribution >= 0.6 is 23.2 Å². The predicted octanol–water partition coefficient (Wildman–Crippen LogP) is 6.77. The molecule has 1 heterocycles. The van der Waals surface area contributed by atoms with Crippen LogP contribution < -0.4 is 0 Å². The van der Waals surface area contributed by atoms with Crippen LogP contribution in [0.4, 0.5) is 13.2 Å². The lowest BCUT2D eigenvalue weighted by atomic mass is 9.91. The quantitative estimate of drug-likeness (QED) is 0.497. The molecule has 1 aliphatic heterocycles. The van der Waals surface area contributed by atoms with Gasteiger partial charge in [-0.3, -0.25) is 4.79 Å². The van der Waals surface area contributed by atoms with Crippen LogP contribution in [-0.4, -0.2) is 29.3 Å². The lowest BCUT2D eigenvalue weighted by Crippen LogP contribution is -2.42. The summed E-state index contributed by atoms with van der Waals surface area (Å²) < 4.78 is 40.0. The zero-order valence-corrected chi connectivity index (χ0v) is 17.8. The van der Waals surface area contributed by atoms with Crippen LogP contribution in [0.25, 0.3) is 11.1 Å². The molecule has 0 aromatic heterocycles. The number of halogens is 5. The molecule has 2 aromatic rings. The summed E-state index contributed by atoms with van der Waals surface area (Å²) in [6, 6.07) is 9.50. The van der Waals surface area contributed by atoms with E-state index in [0.29, 0.717) is 47.8 Å². The maximum atomic E-state index is 13.4. The highest BCUT2D eigenvalue weighted by Gasteiger charge is 2.42. The lowest BCUT2D eigenvalue weighted by molar-refractivity contribution is -0.135. The molecule has 4 rings (SSSR count). The predicted molar refractivity (Wildman–Crippen MR) is 113 cm³/mol. The van der Waals surface area contributed by atoms with Gasteiger partial charge >= 0.3 is 0 Å².